The van der Waals surface area contributed by atoms with E-state index in [2.05, 4.69) is 9.72 Å². The van der Waals surface area contributed by atoms with E-state index in [9.17, 15) is 13.6 Å². The number of amides is 1. The lowest BCUT2D eigenvalue weighted by Crippen LogP contribution is -2.36. The molecule has 0 unspecified atom stereocenters. The lowest BCUT2D eigenvalue weighted by atomic mass is 9.96. The molecule has 7 heteroatoms. The number of benzene rings is 2. The van der Waals surface area contributed by atoms with Crippen molar-refractivity contribution in [2.24, 2.45) is 0 Å². The van der Waals surface area contributed by atoms with Gasteiger partial charge in [-0.25, -0.2) is 4.98 Å². The van der Waals surface area contributed by atoms with Gasteiger partial charge in [0.15, 0.2) is 11.5 Å². The molecule has 0 radical (unpaired) electrons. The number of fused-ring (bicyclic) bond motifs is 1. The lowest BCUT2D eigenvalue weighted by molar-refractivity contribution is -0.127. The normalized spacial score (nSPS) is 15.5. The van der Waals surface area contributed by atoms with Crippen LogP contribution in [-0.2, 0) is 4.79 Å². The van der Waals surface area contributed by atoms with Crippen LogP contribution in [0.1, 0.15) is 30.2 Å². The molecular weight excluding hydrogens is 378 g/mol. The molecule has 1 aliphatic heterocycles. The Morgan fingerprint density at radius 3 is 2.62 bits per heavy atom. The van der Waals surface area contributed by atoms with Crippen LogP contribution in [0.4, 0.5) is 8.78 Å². The van der Waals surface area contributed by atoms with Crippen molar-refractivity contribution in [1.29, 1.82) is 0 Å². The number of carbonyl (C=O) groups is 1. The maximum Gasteiger partial charge on any atom is 0.387 e. The molecule has 0 saturated carbocycles. The second-order valence-electron chi connectivity index (χ2n) is 6.87. The first-order chi connectivity index (χ1) is 14.1. The average Bonchev–Trinajstić information content (AvgIpc) is 3.17. The van der Waals surface area contributed by atoms with Gasteiger partial charge in [-0.2, -0.15) is 8.78 Å². The van der Waals surface area contributed by atoms with E-state index in [0.29, 0.717) is 24.5 Å². The monoisotopic (exact) mass is 398 g/mol. The van der Waals surface area contributed by atoms with Crippen molar-refractivity contribution in [3.63, 3.8) is 0 Å². The van der Waals surface area contributed by atoms with Gasteiger partial charge in [-0.15, -0.1) is 0 Å². The van der Waals surface area contributed by atoms with Gasteiger partial charge in [0, 0.05) is 30.6 Å². The standard InChI is InChI=1S/C22H20F2N2O3/c23-22(24)29-18-7-3-1-5-15(18)9-10-20(27)26-13-11-16(12-14-26)21-25-17-6-2-4-8-19(17)28-21/h1-10,16,22H,11-14H2/b10-9+. The highest BCUT2D eigenvalue weighted by atomic mass is 19.3. The minimum atomic E-state index is -2.91. The van der Waals surface area contributed by atoms with Gasteiger partial charge in [0.05, 0.1) is 0 Å². The van der Waals surface area contributed by atoms with E-state index in [0.717, 1.165) is 23.9 Å². The molecule has 1 fully saturated rings. The number of hydrogen-bond acceptors (Lipinski definition) is 4. The molecule has 1 aromatic heterocycles. The highest BCUT2D eigenvalue weighted by molar-refractivity contribution is 5.92. The van der Waals surface area contributed by atoms with Crippen molar-refractivity contribution in [3.8, 4) is 5.75 Å². The maximum atomic E-state index is 12.5. The van der Waals surface area contributed by atoms with E-state index in [1.165, 1.54) is 18.2 Å². The van der Waals surface area contributed by atoms with E-state index >= 15 is 0 Å². The zero-order valence-electron chi connectivity index (χ0n) is 15.6. The first-order valence-corrected chi connectivity index (χ1v) is 9.46. The summed E-state index contributed by atoms with van der Waals surface area (Å²) in [7, 11) is 0. The van der Waals surface area contributed by atoms with Crippen LogP contribution in [0.5, 0.6) is 5.75 Å². The Morgan fingerprint density at radius 2 is 1.86 bits per heavy atom. The predicted octanol–water partition coefficient (Wildman–Crippen LogP) is 4.85. The molecule has 0 aliphatic carbocycles. The van der Waals surface area contributed by atoms with Gasteiger partial charge in [0.2, 0.25) is 5.91 Å². The molecule has 1 aliphatic rings. The van der Waals surface area contributed by atoms with Crippen molar-refractivity contribution >= 4 is 23.1 Å². The number of halogens is 2. The van der Waals surface area contributed by atoms with E-state index < -0.39 is 6.61 Å². The molecule has 5 nitrogen and oxygen atoms in total. The van der Waals surface area contributed by atoms with Gasteiger partial charge < -0.3 is 14.1 Å². The van der Waals surface area contributed by atoms with Crippen LogP contribution < -0.4 is 4.74 Å². The Hall–Kier alpha value is -3.22. The van der Waals surface area contributed by atoms with Crippen LogP contribution in [0.2, 0.25) is 0 Å². The Labute approximate surface area is 166 Å². The first-order valence-electron chi connectivity index (χ1n) is 9.46. The van der Waals surface area contributed by atoms with Crippen LogP contribution in [0.15, 0.2) is 59.0 Å². The smallest absolute Gasteiger partial charge is 0.387 e. The van der Waals surface area contributed by atoms with Crippen LogP contribution in [0, 0.1) is 0 Å². The van der Waals surface area contributed by atoms with Crippen molar-refractivity contribution in [2.45, 2.75) is 25.4 Å². The number of alkyl halides is 2. The second kappa shape index (κ2) is 8.43. The molecule has 0 spiro atoms. The van der Waals surface area contributed by atoms with Gasteiger partial charge in [-0.1, -0.05) is 30.3 Å². The Morgan fingerprint density at radius 1 is 1.14 bits per heavy atom. The Kier molecular flexibility index (Phi) is 5.55. The molecule has 4 rings (SSSR count). The summed E-state index contributed by atoms with van der Waals surface area (Å²) in [5.41, 5.74) is 2.05. The SMILES string of the molecule is O=C(/C=C/c1ccccc1OC(F)F)N1CCC(c2nc3ccccc3o2)CC1. The topological polar surface area (TPSA) is 55.6 Å². The third kappa shape index (κ3) is 4.45. The Balaban J connectivity index is 1.37. The molecule has 1 saturated heterocycles. The van der Waals surface area contributed by atoms with Gasteiger partial charge >= 0.3 is 6.61 Å². The van der Waals surface area contributed by atoms with Gasteiger partial charge in [-0.05, 0) is 37.1 Å². The van der Waals surface area contributed by atoms with Crippen LogP contribution in [0.25, 0.3) is 17.2 Å². The lowest BCUT2D eigenvalue weighted by Gasteiger charge is -2.29. The summed E-state index contributed by atoms with van der Waals surface area (Å²) in [5.74, 6) is 0.775. The van der Waals surface area contributed by atoms with Crippen molar-refractivity contribution < 1.29 is 22.7 Å². The number of para-hydroxylation sites is 3. The van der Waals surface area contributed by atoms with Gasteiger partial charge in [0.1, 0.15) is 11.3 Å². The summed E-state index contributed by atoms with van der Waals surface area (Å²) in [4.78, 5) is 18.8. The molecule has 2 heterocycles. The summed E-state index contributed by atoms with van der Waals surface area (Å²) in [6.45, 7) is -1.74. The average molecular weight is 398 g/mol. The molecule has 0 atom stereocenters. The van der Waals surface area contributed by atoms with Crippen LogP contribution in [-0.4, -0.2) is 35.5 Å². The maximum absolute atomic E-state index is 12.5. The summed E-state index contributed by atoms with van der Waals surface area (Å²) >= 11 is 0. The molecule has 0 bridgehead atoms. The summed E-state index contributed by atoms with van der Waals surface area (Å²) < 4.78 is 35.3. The number of oxazole rings is 1. The van der Waals surface area contributed by atoms with Crippen molar-refractivity contribution in [2.75, 3.05) is 13.1 Å². The number of carbonyl (C=O) groups excluding carboxylic acids is 1. The van der Waals surface area contributed by atoms with Crippen LogP contribution in [0.3, 0.4) is 0 Å². The molecule has 29 heavy (non-hydrogen) atoms. The molecule has 2 aromatic carbocycles. The fourth-order valence-electron chi connectivity index (χ4n) is 3.50. The number of hydrogen-bond donors (Lipinski definition) is 0. The predicted molar refractivity (Wildman–Crippen MR) is 105 cm³/mol. The zero-order chi connectivity index (χ0) is 20.2. The molecule has 0 N–H and O–H groups in total. The fourth-order valence-corrected chi connectivity index (χ4v) is 3.50. The number of ether oxygens (including phenoxy) is 1. The van der Waals surface area contributed by atoms with E-state index in [1.54, 1.807) is 23.1 Å². The summed E-state index contributed by atoms with van der Waals surface area (Å²) in [5, 5.41) is 0. The number of rotatable bonds is 5. The fraction of sp³-hybridized carbons (Fsp3) is 0.273. The molecule has 150 valence electrons. The van der Waals surface area contributed by atoms with E-state index in [-0.39, 0.29) is 17.6 Å². The number of piperidine rings is 1. The zero-order valence-corrected chi connectivity index (χ0v) is 15.6. The quantitative estimate of drug-likeness (QED) is 0.577. The van der Waals surface area contributed by atoms with Gasteiger partial charge in [0.25, 0.3) is 0 Å². The van der Waals surface area contributed by atoms with Crippen molar-refractivity contribution in [1.82, 2.24) is 9.88 Å². The molecule has 3 aromatic rings. The molecular formula is C22H20F2N2O3. The van der Waals surface area contributed by atoms with Gasteiger partial charge in [-0.3, -0.25) is 4.79 Å². The van der Waals surface area contributed by atoms with E-state index in [1.807, 2.05) is 24.3 Å². The largest absolute Gasteiger partial charge is 0.440 e. The molecule has 1 amide bonds. The minimum Gasteiger partial charge on any atom is -0.440 e. The first kappa shape index (κ1) is 19.1. The Bertz CT molecular complexity index is 991. The third-order valence-electron chi connectivity index (χ3n) is 5.01. The highest BCUT2D eigenvalue weighted by Gasteiger charge is 2.26. The van der Waals surface area contributed by atoms with Crippen molar-refractivity contribution in [3.05, 3.63) is 66.1 Å². The number of likely N-dealkylation sites (tertiary alicyclic amines) is 1. The number of aromatic nitrogens is 1. The van der Waals surface area contributed by atoms with E-state index in [4.69, 9.17) is 4.42 Å². The summed E-state index contributed by atoms with van der Waals surface area (Å²) in [6.07, 6.45) is 4.43. The minimum absolute atomic E-state index is 0.0428. The highest BCUT2D eigenvalue weighted by Crippen LogP contribution is 2.30. The third-order valence-corrected chi connectivity index (χ3v) is 5.01. The summed E-state index contributed by atoms with van der Waals surface area (Å²) in [6, 6.07) is 14.0. The number of nitrogens with zero attached hydrogens (tertiary/aromatic N) is 2. The second-order valence-corrected chi connectivity index (χ2v) is 6.87. The van der Waals surface area contributed by atoms with Crippen LogP contribution >= 0.6 is 0 Å².